The number of rotatable bonds is 3. The molecule has 1 heterocycles. The minimum absolute atomic E-state index is 0.293. The molecule has 86 valence electrons. The van der Waals surface area contributed by atoms with E-state index in [0.29, 0.717) is 25.8 Å². The fourth-order valence-corrected chi connectivity index (χ4v) is 1.10. The fraction of sp³-hybridized carbons (Fsp3) is 1.00. The van der Waals surface area contributed by atoms with Crippen molar-refractivity contribution in [2.75, 3.05) is 26.3 Å². The molecule has 14 heavy (non-hydrogen) atoms. The first-order chi connectivity index (χ1) is 6.64. The van der Waals surface area contributed by atoms with Gasteiger partial charge in [-0.3, -0.25) is 0 Å². The first-order valence-corrected chi connectivity index (χ1v) is 5.35. The molecule has 0 unspecified atom stereocenters. The highest BCUT2D eigenvalue weighted by atomic mass is 16.7. The second-order valence-corrected chi connectivity index (χ2v) is 3.46. The predicted molar refractivity (Wildman–Crippen MR) is 58.2 cm³/mol. The van der Waals surface area contributed by atoms with Gasteiger partial charge in [0.15, 0.2) is 5.79 Å². The molecule has 0 aromatic heterocycles. The molecule has 1 saturated heterocycles. The molecule has 0 aliphatic carbocycles. The van der Waals surface area contributed by atoms with Crippen molar-refractivity contribution in [2.24, 2.45) is 5.73 Å². The van der Waals surface area contributed by atoms with Crippen molar-refractivity contribution < 1.29 is 9.47 Å². The largest absolute Gasteiger partial charge is 0.349 e. The number of hydrogen-bond acceptors (Lipinski definition) is 4. The molecule has 1 aliphatic rings. The number of nitrogens with one attached hydrogen (secondary N) is 1. The summed E-state index contributed by atoms with van der Waals surface area (Å²) in [6.07, 6.45) is 0. The Morgan fingerprint density at radius 1 is 1.29 bits per heavy atom. The Morgan fingerprint density at radius 3 is 2.21 bits per heavy atom. The highest BCUT2D eigenvalue weighted by Crippen LogP contribution is 2.16. The standard InChI is InChI=1S/C8H18N2O2.C2H6/c1-8(2)11-5-7(6-12-8)10-4-3-9;1-2/h7,10H,3-6,9H2,1-2H3;1-2H3. The molecule has 0 radical (unpaired) electrons. The lowest BCUT2D eigenvalue weighted by atomic mass is 10.2. The second kappa shape index (κ2) is 7.17. The van der Waals surface area contributed by atoms with E-state index >= 15 is 0 Å². The van der Waals surface area contributed by atoms with Crippen LogP contribution < -0.4 is 11.1 Å². The van der Waals surface area contributed by atoms with Crippen molar-refractivity contribution >= 4 is 0 Å². The minimum Gasteiger partial charge on any atom is -0.349 e. The van der Waals surface area contributed by atoms with Crippen LogP contribution in [0.25, 0.3) is 0 Å². The number of ether oxygens (including phenoxy) is 2. The Labute approximate surface area is 87.1 Å². The molecule has 0 aromatic carbocycles. The molecular formula is C10H24N2O2. The summed E-state index contributed by atoms with van der Waals surface area (Å²) in [6.45, 7) is 10.7. The summed E-state index contributed by atoms with van der Waals surface area (Å²) in [5, 5.41) is 3.23. The monoisotopic (exact) mass is 204 g/mol. The van der Waals surface area contributed by atoms with Crippen LogP contribution in [0.3, 0.4) is 0 Å². The predicted octanol–water partition coefficient (Wildman–Crippen LogP) is 0.712. The molecule has 0 amide bonds. The van der Waals surface area contributed by atoms with Gasteiger partial charge in [0.05, 0.1) is 19.3 Å². The van der Waals surface area contributed by atoms with Crippen molar-refractivity contribution in [1.29, 1.82) is 0 Å². The van der Waals surface area contributed by atoms with Crippen LogP contribution in [0, 0.1) is 0 Å². The molecule has 0 aromatic rings. The summed E-state index contributed by atoms with van der Waals surface area (Å²) < 4.78 is 10.9. The molecule has 0 saturated carbocycles. The Morgan fingerprint density at radius 2 is 1.79 bits per heavy atom. The van der Waals surface area contributed by atoms with E-state index in [1.54, 1.807) is 0 Å². The van der Waals surface area contributed by atoms with E-state index in [4.69, 9.17) is 15.2 Å². The van der Waals surface area contributed by atoms with E-state index in [2.05, 4.69) is 5.32 Å². The number of hydrogen-bond donors (Lipinski definition) is 2. The van der Waals surface area contributed by atoms with Gasteiger partial charge < -0.3 is 20.5 Å². The minimum atomic E-state index is -0.416. The van der Waals surface area contributed by atoms with Crippen LogP contribution >= 0.6 is 0 Å². The van der Waals surface area contributed by atoms with Gasteiger partial charge in [0.25, 0.3) is 0 Å². The lowest BCUT2D eigenvalue weighted by molar-refractivity contribution is -0.252. The van der Waals surface area contributed by atoms with Gasteiger partial charge >= 0.3 is 0 Å². The van der Waals surface area contributed by atoms with E-state index in [0.717, 1.165) is 6.54 Å². The van der Waals surface area contributed by atoms with E-state index in [9.17, 15) is 0 Å². The SMILES string of the molecule is CC.CC1(C)OCC(NCCN)CO1. The smallest absolute Gasteiger partial charge is 0.162 e. The average Bonchev–Trinajstić information content (AvgIpc) is 2.19. The molecule has 4 heteroatoms. The maximum Gasteiger partial charge on any atom is 0.162 e. The zero-order valence-electron chi connectivity index (χ0n) is 9.80. The Bertz CT molecular complexity index is 130. The molecule has 0 bridgehead atoms. The van der Waals surface area contributed by atoms with Crippen LogP contribution in [-0.2, 0) is 9.47 Å². The second-order valence-electron chi connectivity index (χ2n) is 3.46. The van der Waals surface area contributed by atoms with Crippen LogP contribution in [0.5, 0.6) is 0 Å². The fourth-order valence-electron chi connectivity index (χ4n) is 1.10. The first kappa shape index (κ1) is 13.8. The first-order valence-electron chi connectivity index (χ1n) is 5.35. The van der Waals surface area contributed by atoms with Crippen molar-refractivity contribution in [1.82, 2.24) is 5.32 Å². The molecule has 3 N–H and O–H groups in total. The third-order valence-electron chi connectivity index (χ3n) is 1.84. The summed E-state index contributed by atoms with van der Waals surface area (Å²) in [4.78, 5) is 0. The van der Waals surface area contributed by atoms with Crippen LogP contribution in [0.2, 0.25) is 0 Å². The summed E-state index contributed by atoms with van der Waals surface area (Å²) in [5.41, 5.74) is 5.35. The highest BCUT2D eigenvalue weighted by Gasteiger charge is 2.27. The van der Waals surface area contributed by atoms with Gasteiger partial charge in [0.1, 0.15) is 0 Å². The molecular weight excluding hydrogens is 180 g/mol. The third-order valence-corrected chi connectivity index (χ3v) is 1.84. The highest BCUT2D eigenvalue weighted by molar-refractivity contribution is 4.72. The maximum absolute atomic E-state index is 5.45. The van der Waals surface area contributed by atoms with Gasteiger partial charge in [-0.15, -0.1) is 0 Å². The maximum atomic E-state index is 5.45. The van der Waals surface area contributed by atoms with Crippen LogP contribution in [0.1, 0.15) is 27.7 Å². The quantitative estimate of drug-likeness (QED) is 0.711. The van der Waals surface area contributed by atoms with E-state index in [1.807, 2.05) is 27.7 Å². The Hall–Kier alpha value is -0.160. The van der Waals surface area contributed by atoms with Crippen LogP contribution in [0.15, 0.2) is 0 Å². The molecule has 1 rings (SSSR count). The van der Waals surface area contributed by atoms with Gasteiger partial charge in [0, 0.05) is 13.1 Å². The average molecular weight is 204 g/mol. The van der Waals surface area contributed by atoms with Gasteiger partial charge in [-0.25, -0.2) is 0 Å². The molecule has 1 aliphatic heterocycles. The zero-order chi connectivity index (χ0) is 11.0. The lowest BCUT2D eigenvalue weighted by Crippen LogP contribution is -2.49. The summed E-state index contributed by atoms with van der Waals surface area (Å²) in [7, 11) is 0. The third kappa shape index (κ3) is 5.54. The molecule has 4 nitrogen and oxygen atoms in total. The van der Waals surface area contributed by atoms with Crippen molar-refractivity contribution in [2.45, 2.75) is 39.5 Å². The van der Waals surface area contributed by atoms with Gasteiger partial charge in [-0.1, -0.05) is 13.8 Å². The van der Waals surface area contributed by atoms with Gasteiger partial charge in [0.2, 0.25) is 0 Å². The zero-order valence-corrected chi connectivity index (χ0v) is 9.80. The normalized spacial score (nSPS) is 21.2. The van der Waals surface area contributed by atoms with Crippen molar-refractivity contribution in [3.05, 3.63) is 0 Å². The molecule has 0 spiro atoms. The van der Waals surface area contributed by atoms with E-state index in [-0.39, 0.29) is 0 Å². The summed E-state index contributed by atoms with van der Waals surface area (Å²) in [6, 6.07) is 0.293. The Kier molecular flexibility index (Phi) is 7.09. The Balaban J connectivity index is 0.000000791. The van der Waals surface area contributed by atoms with Crippen molar-refractivity contribution in [3.8, 4) is 0 Å². The summed E-state index contributed by atoms with van der Waals surface area (Å²) >= 11 is 0. The summed E-state index contributed by atoms with van der Waals surface area (Å²) in [5.74, 6) is -0.416. The van der Waals surface area contributed by atoms with E-state index < -0.39 is 5.79 Å². The van der Waals surface area contributed by atoms with Gasteiger partial charge in [-0.2, -0.15) is 0 Å². The van der Waals surface area contributed by atoms with E-state index in [1.165, 1.54) is 0 Å². The van der Waals surface area contributed by atoms with Crippen molar-refractivity contribution in [3.63, 3.8) is 0 Å². The van der Waals surface area contributed by atoms with Crippen LogP contribution in [0.4, 0.5) is 0 Å². The molecule has 0 atom stereocenters. The lowest BCUT2D eigenvalue weighted by Gasteiger charge is -2.35. The van der Waals surface area contributed by atoms with Crippen LogP contribution in [-0.4, -0.2) is 38.1 Å². The topological polar surface area (TPSA) is 56.5 Å². The molecule has 1 fully saturated rings. The number of nitrogens with two attached hydrogens (primary N) is 1. The van der Waals surface area contributed by atoms with Gasteiger partial charge in [-0.05, 0) is 13.8 Å².